The molecule has 0 aliphatic heterocycles. The Labute approximate surface area is 125 Å². The quantitative estimate of drug-likeness (QED) is 0.545. The van der Waals surface area contributed by atoms with Gasteiger partial charge in [-0.25, -0.2) is 8.42 Å². The first-order valence-electron chi connectivity index (χ1n) is 5.50. The van der Waals surface area contributed by atoms with Gasteiger partial charge in [-0.3, -0.25) is 14.4 Å². The van der Waals surface area contributed by atoms with Gasteiger partial charge in [0.15, 0.2) is 15.9 Å². The second-order valence-corrected chi connectivity index (χ2v) is 6.44. The van der Waals surface area contributed by atoms with Gasteiger partial charge in [-0.2, -0.15) is 0 Å². The first-order chi connectivity index (χ1) is 9.63. The van der Waals surface area contributed by atoms with E-state index in [9.17, 15) is 22.8 Å². The van der Waals surface area contributed by atoms with Crippen molar-refractivity contribution in [3.8, 4) is 0 Å². The number of hydrogen-bond acceptors (Lipinski definition) is 5. The molecule has 0 fully saturated rings. The van der Waals surface area contributed by atoms with Gasteiger partial charge >= 0.3 is 0 Å². The van der Waals surface area contributed by atoms with Crippen LogP contribution in [0.2, 0.25) is 5.02 Å². The maximum atomic E-state index is 11.9. The lowest BCUT2D eigenvalue weighted by molar-refractivity contribution is -0.133. The third kappa shape index (κ3) is 4.72. The molecule has 114 valence electrons. The van der Waals surface area contributed by atoms with Crippen LogP contribution in [-0.2, 0) is 24.2 Å². The lowest BCUT2D eigenvalue weighted by atomic mass is 10.2. The summed E-state index contributed by atoms with van der Waals surface area (Å²) >= 11 is 5.63. The number of amides is 3. The Kier molecular flexibility index (Phi) is 5.28. The lowest BCUT2D eigenvalue weighted by Crippen LogP contribution is -2.53. The SMILES string of the molecule is NC(=O)C(NC(=O)CS(=O)(=O)c1ccc(Cl)cc1)C(N)=O. The second-order valence-electron chi connectivity index (χ2n) is 4.02. The van der Waals surface area contributed by atoms with Crippen molar-refractivity contribution in [1.82, 2.24) is 5.32 Å². The van der Waals surface area contributed by atoms with Crippen LogP contribution in [0.5, 0.6) is 0 Å². The zero-order chi connectivity index (χ0) is 16.2. The molecule has 0 aromatic heterocycles. The third-order valence-corrected chi connectivity index (χ3v) is 4.25. The minimum Gasteiger partial charge on any atom is -0.367 e. The van der Waals surface area contributed by atoms with Crippen LogP contribution in [-0.4, -0.2) is 37.9 Å². The molecule has 1 aromatic carbocycles. The minimum atomic E-state index is -3.95. The molecule has 8 nitrogen and oxygen atoms in total. The first kappa shape index (κ1) is 16.9. The Balaban J connectivity index is 2.84. The van der Waals surface area contributed by atoms with E-state index in [0.717, 1.165) is 0 Å². The Morgan fingerprint density at radius 3 is 2.00 bits per heavy atom. The molecule has 0 heterocycles. The van der Waals surface area contributed by atoms with E-state index < -0.39 is 39.4 Å². The van der Waals surface area contributed by atoms with Crippen molar-refractivity contribution in [2.75, 3.05) is 5.75 Å². The van der Waals surface area contributed by atoms with E-state index >= 15 is 0 Å². The highest BCUT2D eigenvalue weighted by Gasteiger charge is 2.27. The van der Waals surface area contributed by atoms with Gasteiger partial charge in [0, 0.05) is 5.02 Å². The number of benzene rings is 1. The largest absolute Gasteiger partial charge is 0.367 e. The minimum absolute atomic E-state index is 0.128. The van der Waals surface area contributed by atoms with Crippen molar-refractivity contribution in [2.45, 2.75) is 10.9 Å². The number of halogens is 1. The monoisotopic (exact) mass is 333 g/mol. The molecule has 0 bridgehead atoms. The Morgan fingerprint density at radius 2 is 1.57 bits per heavy atom. The molecule has 10 heteroatoms. The molecule has 0 saturated heterocycles. The number of nitrogens with two attached hydrogens (primary N) is 2. The third-order valence-electron chi connectivity index (χ3n) is 2.37. The van der Waals surface area contributed by atoms with Gasteiger partial charge in [-0.1, -0.05) is 11.6 Å². The maximum Gasteiger partial charge on any atom is 0.249 e. The molecule has 0 saturated carbocycles. The van der Waals surface area contributed by atoms with Crippen LogP contribution in [0.4, 0.5) is 0 Å². The number of nitrogens with one attached hydrogen (secondary N) is 1. The van der Waals surface area contributed by atoms with Gasteiger partial charge in [-0.05, 0) is 24.3 Å². The van der Waals surface area contributed by atoms with Gasteiger partial charge in [0.05, 0.1) is 4.90 Å². The van der Waals surface area contributed by atoms with Crippen LogP contribution in [0.3, 0.4) is 0 Å². The molecular formula is C11H12ClN3O5S. The summed E-state index contributed by atoms with van der Waals surface area (Å²) in [6.07, 6.45) is 0. The molecule has 0 aliphatic carbocycles. The Morgan fingerprint density at radius 1 is 1.10 bits per heavy atom. The average molecular weight is 334 g/mol. The summed E-state index contributed by atoms with van der Waals surface area (Å²) in [6, 6.07) is 3.39. The van der Waals surface area contributed by atoms with Crippen LogP contribution < -0.4 is 16.8 Å². The van der Waals surface area contributed by atoms with E-state index in [-0.39, 0.29) is 4.90 Å². The average Bonchev–Trinajstić information content (AvgIpc) is 2.35. The molecule has 0 unspecified atom stereocenters. The van der Waals surface area contributed by atoms with Gasteiger partial charge in [0.1, 0.15) is 5.75 Å². The van der Waals surface area contributed by atoms with Crippen molar-refractivity contribution in [3.63, 3.8) is 0 Å². The molecule has 3 amide bonds. The first-order valence-corrected chi connectivity index (χ1v) is 7.53. The molecule has 0 atom stereocenters. The smallest absolute Gasteiger partial charge is 0.249 e. The normalized spacial score (nSPS) is 11.1. The van der Waals surface area contributed by atoms with E-state index in [0.29, 0.717) is 5.02 Å². The van der Waals surface area contributed by atoms with E-state index in [1.807, 2.05) is 5.32 Å². The van der Waals surface area contributed by atoms with Gasteiger partial charge in [0.25, 0.3) is 0 Å². The van der Waals surface area contributed by atoms with Crippen molar-refractivity contribution in [2.24, 2.45) is 11.5 Å². The number of primary amides is 2. The van der Waals surface area contributed by atoms with Crippen LogP contribution in [0.15, 0.2) is 29.2 Å². The van der Waals surface area contributed by atoms with Crippen LogP contribution in [0.25, 0.3) is 0 Å². The summed E-state index contributed by atoms with van der Waals surface area (Å²) in [7, 11) is -3.95. The van der Waals surface area contributed by atoms with Gasteiger partial charge < -0.3 is 16.8 Å². The van der Waals surface area contributed by atoms with Crippen molar-refractivity contribution >= 4 is 39.2 Å². The van der Waals surface area contributed by atoms with Crippen LogP contribution >= 0.6 is 11.6 Å². The summed E-state index contributed by atoms with van der Waals surface area (Å²) in [4.78, 5) is 33.2. The fourth-order valence-electron chi connectivity index (χ4n) is 1.38. The highest BCUT2D eigenvalue weighted by atomic mass is 35.5. The highest BCUT2D eigenvalue weighted by molar-refractivity contribution is 7.92. The lowest BCUT2D eigenvalue weighted by Gasteiger charge is -2.12. The van der Waals surface area contributed by atoms with Gasteiger partial charge in [0.2, 0.25) is 17.7 Å². The molecule has 0 aliphatic rings. The van der Waals surface area contributed by atoms with Crippen molar-refractivity contribution < 1.29 is 22.8 Å². The number of carbonyl (C=O) groups excluding carboxylic acids is 3. The molecule has 21 heavy (non-hydrogen) atoms. The molecule has 5 N–H and O–H groups in total. The Bertz CT molecular complexity index is 658. The van der Waals surface area contributed by atoms with Gasteiger partial charge in [-0.15, -0.1) is 0 Å². The van der Waals surface area contributed by atoms with Crippen LogP contribution in [0.1, 0.15) is 0 Å². The van der Waals surface area contributed by atoms with Crippen LogP contribution in [0, 0.1) is 0 Å². The van der Waals surface area contributed by atoms with Crippen molar-refractivity contribution in [3.05, 3.63) is 29.3 Å². The molecule has 0 radical (unpaired) electrons. The number of carbonyl (C=O) groups is 3. The number of hydrogen-bond donors (Lipinski definition) is 3. The molecular weight excluding hydrogens is 322 g/mol. The summed E-state index contributed by atoms with van der Waals surface area (Å²) in [5.41, 5.74) is 9.72. The zero-order valence-electron chi connectivity index (χ0n) is 10.6. The summed E-state index contributed by atoms with van der Waals surface area (Å²) in [5.74, 6) is -4.40. The topological polar surface area (TPSA) is 149 Å². The highest BCUT2D eigenvalue weighted by Crippen LogP contribution is 2.15. The number of rotatable bonds is 6. The molecule has 0 spiro atoms. The Hall–Kier alpha value is -2.13. The summed E-state index contributed by atoms with van der Waals surface area (Å²) in [6.45, 7) is 0. The fraction of sp³-hybridized carbons (Fsp3) is 0.182. The van der Waals surface area contributed by atoms with Crippen molar-refractivity contribution in [1.29, 1.82) is 0 Å². The van der Waals surface area contributed by atoms with E-state index in [2.05, 4.69) is 0 Å². The van der Waals surface area contributed by atoms with E-state index in [1.54, 1.807) is 0 Å². The maximum absolute atomic E-state index is 11.9. The fourth-order valence-corrected chi connectivity index (χ4v) is 2.65. The second kappa shape index (κ2) is 6.55. The summed E-state index contributed by atoms with van der Waals surface area (Å²) in [5, 5.41) is 2.19. The standard InChI is InChI=1S/C11H12ClN3O5S/c12-6-1-3-7(4-2-6)21(19,20)5-8(16)15-9(10(13)17)11(14)18/h1-4,9H,5H2,(H2,13,17)(H2,14,18)(H,15,16). The zero-order valence-corrected chi connectivity index (χ0v) is 12.1. The molecule has 1 rings (SSSR count). The van der Waals surface area contributed by atoms with E-state index in [1.165, 1.54) is 24.3 Å². The predicted octanol–water partition coefficient (Wildman–Crippen LogP) is -1.43. The predicted molar refractivity (Wildman–Crippen MR) is 73.8 cm³/mol. The molecule has 1 aromatic rings. The summed E-state index contributed by atoms with van der Waals surface area (Å²) < 4.78 is 23.9. The number of sulfone groups is 1. The van der Waals surface area contributed by atoms with E-state index in [4.69, 9.17) is 23.1 Å².